The number of aliphatic hydroxyl groups is 1. The van der Waals surface area contributed by atoms with Crippen LogP contribution in [0, 0.1) is 5.92 Å². The molecule has 2 N–H and O–H groups in total. The number of hydrogen-bond acceptors (Lipinski definition) is 8. The van der Waals surface area contributed by atoms with Crippen LogP contribution < -0.4 is 10.1 Å². The Hall–Kier alpha value is -2.70. The van der Waals surface area contributed by atoms with Gasteiger partial charge in [-0.15, -0.1) is 0 Å². The molecule has 0 saturated carbocycles. The predicted molar refractivity (Wildman–Crippen MR) is 164 cm³/mol. The Balaban J connectivity index is 1.88. The number of ether oxygens (including phenoxy) is 4. The Bertz CT molecular complexity index is 1240. The van der Waals surface area contributed by atoms with Crippen LogP contribution in [0.15, 0.2) is 59.5 Å². The SMILES string of the molecule is CCC(CCC1(C)OCCO1)CN(CC(O)C(Cc1ccccc1)NC(=O)OC(C)(C)C)S(=O)(=O)c1ccc(OC)cc1. The first-order chi connectivity index (χ1) is 20.2. The van der Waals surface area contributed by atoms with Gasteiger partial charge in [-0.25, -0.2) is 13.2 Å². The van der Waals surface area contributed by atoms with E-state index < -0.39 is 39.7 Å². The largest absolute Gasteiger partial charge is 0.497 e. The number of carbonyl (C=O) groups excluding carboxylic acids is 1. The number of amides is 1. The van der Waals surface area contributed by atoms with E-state index in [9.17, 15) is 18.3 Å². The van der Waals surface area contributed by atoms with E-state index in [1.807, 2.05) is 44.2 Å². The summed E-state index contributed by atoms with van der Waals surface area (Å²) in [6.07, 6.45) is 0.347. The second kappa shape index (κ2) is 15.3. The zero-order chi connectivity index (χ0) is 31.7. The molecule has 1 aliphatic heterocycles. The van der Waals surface area contributed by atoms with E-state index in [4.69, 9.17) is 18.9 Å². The molecule has 1 heterocycles. The van der Waals surface area contributed by atoms with Crippen LogP contribution in [0.1, 0.15) is 59.4 Å². The summed E-state index contributed by atoms with van der Waals surface area (Å²) in [5.74, 6) is -0.187. The molecule has 2 aromatic rings. The van der Waals surface area contributed by atoms with Crippen LogP contribution in [-0.2, 0) is 30.7 Å². The van der Waals surface area contributed by atoms with Crippen LogP contribution in [0.4, 0.5) is 4.79 Å². The van der Waals surface area contributed by atoms with E-state index in [2.05, 4.69) is 5.32 Å². The molecule has 3 atom stereocenters. The van der Waals surface area contributed by atoms with Crippen molar-refractivity contribution >= 4 is 16.1 Å². The molecule has 3 unspecified atom stereocenters. The summed E-state index contributed by atoms with van der Waals surface area (Å²) in [5, 5.41) is 14.4. The molecular formula is C32H48N2O8S. The summed E-state index contributed by atoms with van der Waals surface area (Å²) >= 11 is 0. The van der Waals surface area contributed by atoms with Gasteiger partial charge in [-0.05, 0) is 76.3 Å². The van der Waals surface area contributed by atoms with Crippen molar-refractivity contribution in [3.05, 3.63) is 60.2 Å². The number of rotatable bonds is 15. The molecular weight excluding hydrogens is 572 g/mol. The molecule has 0 radical (unpaired) electrons. The van der Waals surface area contributed by atoms with Crippen molar-refractivity contribution in [2.24, 2.45) is 5.92 Å². The van der Waals surface area contributed by atoms with Gasteiger partial charge in [-0.1, -0.05) is 43.7 Å². The van der Waals surface area contributed by atoms with E-state index in [0.29, 0.717) is 38.2 Å². The molecule has 11 heteroatoms. The lowest BCUT2D eigenvalue weighted by Gasteiger charge is -2.33. The molecule has 240 valence electrons. The van der Waals surface area contributed by atoms with E-state index in [-0.39, 0.29) is 30.3 Å². The van der Waals surface area contributed by atoms with Gasteiger partial charge in [0.25, 0.3) is 0 Å². The maximum Gasteiger partial charge on any atom is 0.407 e. The number of aliphatic hydroxyl groups excluding tert-OH is 1. The fourth-order valence-corrected chi connectivity index (χ4v) is 6.53. The van der Waals surface area contributed by atoms with Gasteiger partial charge in [0, 0.05) is 19.5 Å². The number of nitrogens with zero attached hydrogens (tertiary/aromatic N) is 1. The third-order valence-electron chi connectivity index (χ3n) is 7.50. The van der Waals surface area contributed by atoms with Crippen molar-refractivity contribution in [3.63, 3.8) is 0 Å². The minimum absolute atomic E-state index is 0.0313. The summed E-state index contributed by atoms with van der Waals surface area (Å²) in [6.45, 7) is 10.2. The molecule has 1 amide bonds. The highest BCUT2D eigenvalue weighted by molar-refractivity contribution is 7.89. The fourth-order valence-electron chi connectivity index (χ4n) is 4.99. The maximum atomic E-state index is 14.0. The zero-order valence-electron chi connectivity index (χ0n) is 26.2. The fraction of sp³-hybridized carbons (Fsp3) is 0.594. The number of hydrogen-bond donors (Lipinski definition) is 2. The summed E-state index contributed by atoms with van der Waals surface area (Å²) in [6, 6.07) is 14.8. The number of carbonyl (C=O) groups is 1. The molecule has 0 spiro atoms. The van der Waals surface area contributed by atoms with Gasteiger partial charge >= 0.3 is 6.09 Å². The van der Waals surface area contributed by atoms with Crippen molar-refractivity contribution in [3.8, 4) is 5.75 Å². The standard InChI is InChI=1S/C32H48N2O8S/c1-7-24(17-18-32(5)40-19-20-41-32)22-34(43(37,38)27-15-13-26(39-6)14-16-27)23-29(35)28(21-25-11-9-8-10-12-25)33-30(36)42-31(2,3)4/h8-16,24,28-29,35H,7,17-23H2,1-6H3,(H,33,36). The Labute approximate surface area is 256 Å². The molecule has 1 aliphatic rings. The summed E-state index contributed by atoms with van der Waals surface area (Å²) in [5.41, 5.74) is 0.136. The highest BCUT2D eigenvalue weighted by Crippen LogP contribution is 2.29. The van der Waals surface area contributed by atoms with Crippen molar-refractivity contribution < 1.29 is 37.3 Å². The van der Waals surface area contributed by atoms with Gasteiger partial charge in [0.2, 0.25) is 10.0 Å². The lowest BCUT2D eigenvalue weighted by atomic mass is 9.96. The van der Waals surface area contributed by atoms with Crippen molar-refractivity contribution in [1.29, 1.82) is 0 Å². The number of benzene rings is 2. The van der Waals surface area contributed by atoms with E-state index in [0.717, 1.165) is 5.56 Å². The molecule has 0 aliphatic carbocycles. The number of alkyl carbamates (subject to hydrolysis) is 1. The average Bonchev–Trinajstić information content (AvgIpc) is 3.40. The van der Waals surface area contributed by atoms with Gasteiger partial charge in [0.05, 0.1) is 37.4 Å². The van der Waals surface area contributed by atoms with Crippen LogP contribution in [0.2, 0.25) is 0 Å². The van der Waals surface area contributed by atoms with Gasteiger partial charge < -0.3 is 29.4 Å². The highest BCUT2D eigenvalue weighted by atomic mass is 32.2. The lowest BCUT2D eigenvalue weighted by Crippen LogP contribution is -2.52. The Morgan fingerprint density at radius 3 is 2.26 bits per heavy atom. The Morgan fingerprint density at radius 1 is 1.07 bits per heavy atom. The maximum absolute atomic E-state index is 14.0. The molecule has 10 nitrogen and oxygen atoms in total. The van der Waals surface area contributed by atoms with E-state index in [1.165, 1.54) is 23.5 Å². The molecule has 43 heavy (non-hydrogen) atoms. The minimum Gasteiger partial charge on any atom is -0.497 e. The summed E-state index contributed by atoms with van der Waals surface area (Å²) < 4.78 is 51.6. The summed E-state index contributed by atoms with van der Waals surface area (Å²) in [7, 11) is -2.52. The number of sulfonamides is 1. The quantitative estimate of drug-likeness (QED) is 0.292. The van der Waals surface area contributed by atoms with Gasteiger partial charge in [0.15, 0.2) is 5.79 Å². The molecule has 1 saturated heterocycles. The first-order valence-electron chi connectivity index (χ1n) is 14.9. The van der Waals surface area contributed by atoms with Gasteiger partial charge in [-0.3, -0.25) is 0 Å². The monoisotopic (exact) mass is 620 g/mol. The Kier molecular flexibility index (Phi) is 12.4. The lowest BCUT2D eigenvalue weighted by molar-refractivity contribution is -0.149. The number of methoxy groups -OCH3 is 1. The van der Waals surface area contributed by atoms with Crippen molar-refractivity contribution in [1.82, 2.24) is 9.62 Å². The summed E-state index contributed by atoms with van der Waals surface area (Å²) in [4.78, 5) is 12.9. The second-order valence-electron chi connectivity index (χ2n) is 12.2. The van der Waals surface area contributed by atoms with Crippen molar-refractivity contribution in [2.75, 3.05) is 33.4 Å². The molecule has 0 bridgehead atoms. The first kappa shape index (κ1) is 34.8. The minimum atomic E-state index is -4.03. The van der Waals surface area contributed by atoms with E-state index in [1.54, 1.807) is 32.9 Å². The first-order valence-corrected chi connectivity index (χ1v) is 16.3. The average molecular weight is 621 g/mol. The van der Waals surface area contributed by atoms with E-state index >= 15 is 0 Å². The van der Waals surface area contributed by atoms with Crippen LogP contribution in [0.3, 0.4) is 0 Å². The third kappa shape index (κ3) is 10.8. The zero-order valence-corrected chi connectivity index (χ0v) is 27.1. The van der Waals surface area contributed by atoms with Crippen LogP contribution >= 0.6 is 0 Å². The second-order valence-corrected chi connectivity index (χ2v) is 14.1. The van der Waals surface area contributed by atoms with Gasteiger partial charge in [0.1, 0.15) is 11.4 Å². The van der Waals surface area contributed by atoms with Crippen molar-refractivity contribution in [2.45, 2.75) is 88.7 Å². The van der Waals surface area contributed by atoms with Crippen LogP contribution in [0.25, 0.3) is 0 Å². The molecule has 2 aromatic carbocycles. The van der Waals surface area contributed by atoms with Crippen LogP contribution in [-0.4, -0.2) is 80.9 Å². The smallest absolute Gasteiger partial charge is 0.407 e. The molecule has 0 aromatic heterocycles. The third-order valence-corrected chi connectivity index (χ3v) is 9.34. The predicted octanol–water partition coefficient (Wildman–Crippen LogP) is 4.75. The van der Waals surface area contributed by atoms with Gasteiger partial charge in [-0.2, -0.15) is 4.31 Å². The normalized spacial score (nSPS) is 17.3. The molecule has 1 fully saturated rings. The highest BCUT2D eigenvalue weighted by Gasteiger charge is 2.35. The molecule has 3 rings (SSSR count). The van der Waals surface area contributed by atoms with Crippen LogP contribution in [0.5, 0.6) is 5.75 Å². The topological polar surface area (TPSA) is 124 Å². The Morgan fingerprint density at radius 2 is 1.70 bits per heavy atom. The number of nitrogens with one attached hydrogen (secondary N) is 1.